The number of aromatic amines is 2. The number of H-pyrrole nitrogens is 2. The fraction of sp³-hybridized carbons (Fsp3) is 0.545. The number of fused-ring (bicyclic) bond motifs is 3. The van der Waals surface area contributed by atoms with Crippen molar-refractivity contribution in [3.63, 3.8) is 0 Å². The highest BCUT2D eigenvalue weighted by Gasteiger charge is 2.44. The van der Waals surface area contributed by atoms with E-state index in [1.807, 2.05) is 6.07 Å². The van der Waals surface area contributed by atoms with Crippen molar-refractivity contribution in [1.29, 1.82) is 0 Å². The van der Waals surface area contributed by atoms with E-state index in [1.165, 1.54) is 25.9 Å². The maximum atomic E-state index is 15.9. The first-order valence-corrected chi connectivity index (χ1v) is 52.3. The Morgan fingerprint density at radius 2 is 1.08 bits per heavy atom. The number of aliphatic hydroxyl groups excluding tert-OH is 1. The quantitative estimate of drug-likeness (QED) is 0.0140. The standard InChI is InChI=1S/C99H136N22O25S2/c1-56(122)85(115-94(140)71(106-57(2)123)44-64-49-105-87-66(64)20-13-24-78(87)146-3)97(143)116-86(61-16-5-4-6-17-61)98(144)114-76-55-148-147-54-75(96(142)112-74(99(145)121-32-14-23-77(121)88(101)134)45-63-48-104-67-21-10-9-19-65(63)67)113-93(139)73(47-81(126)127)111-89(135)68(22-11-12-29-103-80(125)50-117-33-35-118(51-82(128)129)37-39-120(53-84(132)133)40-38-119(36-34-117)52-83(130)131)107-90(136)70(43-59-25-26-60-15-7-8-18-62(60)41-59)108-92(138)72(46-79(100)124)110-91(137)69(109-95(76)141)42-58-27-30-102-31-28-58/h7-10,13,15,18-21,24-26,41,48-49,56,58,61,68-77,85-86,102,104-105,122H,4-6,11-12,14,16-17,22-23,27-40,42-47,50-55H2,1-3H3,(H2,100,124)(H2,101,134)(H,103,125)(H,106,123)(H,107,136)(H,108,138)(H,109,141)(H,110,137)(H,111,135)(H,112,142)(H,113,139)(H,114,144)(H,115,140)(H,116,143)(H,126,127)(H,128,129)(H,130,131)(H,132,133)/t56-,68+,69+,70+,71+,72+,73+,74+,75+,76+,77+,85+,86+/m1/s1. The van der Waals surface area contributed by atoms with Gasteiger partial charge in [-0.25, -0.2) is 0 Å². The number of carbonyl (C=O) groups excluding carboxylic acids is 15. The molecule has 2 aromatic heterocycles. The lowest BCUT2D eigenvalue weighted by atomic mass is 9.83. The van der Waals surface area contributed by atoms with Gasteiger partial charge in [-0.3, -0.25) is 111 Å². The highest BCUT2D eigenvalue weighted by Crippen LogP contribution is 2.32. The third-order valence-corrected chi connectivity index (χ3v) is 29.5. The Balaban J connectivity index is 0.949. The second-order valence-corrected chi connectivity index (χ2v) is 40.7. The predicted octanol–water partition coefficient (Wildman–Crippen LogP) is -2.47. The number of piperidine rings is 1. The summed E-state index contributed by atoms with van der Waals surface area (Å²) < 4.78 is 5.53. The highest BCUT2D eigenvalue weighted by atomic mass is 33.1. The van der Waals surface area contributed by atoms with Gasteiger partial charge in [-0.15, -0.1) is 0 Å². The van der Waals surface area contributed by atoms with E-state index in [4.69, 9.17) is 16.2 Å². The molecule has 49 heteroatoms. The molecule has 5 fully saturated rings. The normalized spacial score (nSPS) is 22.0. The summed E-state index contributed by atoms with van der Waals surface area (Å²) in [7, 11) is 3.05. The fourth-order valence-electron chi connectivity index (χ4n) is 19.3. The van der Waals surface area contributed by atoms with Crippen molar-refractivity contribution >= 4 is 167 Å². The largest absolute Gasteiger partial charge is 0.495 e. The molecule has 804 valence electrons. The Morgan fingerprint density at radius 1 is 0.520 bits per heavy atom. The summed E-state index contributed by atoms with van der Waals surface area (Å²) in [5.74, 6) is -21.9. The van der Waals surface area contributed by atoms with Crippen LogP contribution in [0.5, 0.6) is 5.75 Å². The van der Waals surface area contributed by atoms with Crippen molar-refractivity contribution in [1.82, 2.24) is 104 Å². The number of carboxylic acids is 4. The van der Waals surface area contributed by atoms with E-state index in [0.29, 0.717) is 114 Å². The number of benzene rings is 4. The van der Waals surface area contributed by atoms with Crippen molar-refractivity contribution in [2.45, 2.75) is 208 Å². The van der Waals surface area contributed by atoms with Crippen LogP contribution in [0.1, 0.15) is 127 Å². The number of nitrogens with one attached hydrogen (secondary N) is 15. The number of amides is 15. The van der Waals surface area contributed by atoms with Gasteiger partial charge in [0.2, 0.25) is 88.6 Å². The van der Waals surface area contributed by atoms with Crippen molar-refractivity contribution in [3.8, 4) is 5.75 Å². The third-order valence-electron chi connectivity index (χ3n) is 27.1. The minimum Gasteiger partial charge on any atom is -0.495 e. The molecule has 4 aromatic carbocycles. The summed E-state index contributed by atoms with van der Waals surface area (Å²) in [6, 6.07) is 3.94. The number of methoxy groups -OCH3 is 1. The summed E-state index contributed by atoms with van der Waals surface area (Å²) >= 11 is 0. The van der Waals surface area contributed by atoms with Crippen molar-refractivity contribution in [2.75, 3.05) is 123 Å². The van der Waals surface area contributed by atoms with Gasteiger partial charge in [-0.1, -0.05) is 114 Å². The molecule has 4 aliphatic heterocycles. The van der Waals surface area contributed by atoms with Crippen molar-refractivity contribution in [3.05, 3.63) is 114 Å². The molecule has 15 amide bonds. The second-order valence-electron chi connectivity index (χ2n) is 38.2. The Labute approximate surface area is 861 Å². The molecular weight excluding hydrogens is 1960 g/mol. The molecule has 47 nitrogen and oxygen atoms in total. The number of carbonyl (C=O) groups is 19. The zero-order valence-electron chi connectivity index (χ0n) is 83.0. The Morgan fingerprint density at radius 3 is 1.71 bits per heavy atom. The van der Waals surface area contributed by atoms with Gasteiger partial charge in [0.1, 0.15) is 78.3 Å². The highest BCUT2D eigenvalue weighted by molar-refractivity contribution is 8.76. The van der Waals surface area contributed by atoms with E-state index in [-0.39, 0.29) is 116 Å². The number of aromatic nitrogens is 2. The van der Waals surface area contributed by atoms with Gasteiger partial charge >= 0.3 is 23.9 Å². The maximum Gasteiger partial charge on any atom is 0.317 e. The van der Waals surface area contributed by atoms with E-state index in [0.717, 1.165) is 27.0 Å². The minimum atomic E-state index is -2.17. The Bertz CT molecular complexity index is 5690. The third kappa shape index (κ3) is 34.8. The average Bonchev–Trinajstić information content (AvgIpc) is 1.66. The van der Waals surface area contributed by atoms with Crippen molar-refractivity contribution in [2.24, 2.45) is 23.3 Å². The molecule has 1 saturated carbocycles. The van der Waals surface area contributed by atoms with Crippen LogP contribution >= 0.6 is 21.6 Å². The molecule has 5 aliphatic rings. The molecule has 0 bridgehead atoms. The van der Waals surface area contributed by atoms with Crippen LogP contribution in [0.25, 0.3) is 32.6 Å². The van der Waals surface area contributed by atoms with E-state index in [2.05, 4.69) is 79.1 Å². The first-order valence-electron chi connectivity index (χ1n) is 49.8. The summed E-state index contributed by atoms with van der Waals surface area (Å²) in [5.41, 5.74) is 14.5. The molecule has 13 atom stereocenters. The molecule has 1 aliphatic carbocycles. The Kier molecular flexibility index (Phi) is 43.8. The number of rotatable bonds is 39. The Hall–Kier alpha value is -13.6. The molecule has 148 heavy (non-hydrogen) atoms. The van der Waals surface area contributed by atoms with E-state index in [1.54, 1.807) is 111 Å². The van der Waals surface area contributed by atoms with Gasteiger partial charge < -0.3 is 126 Å². The number of ether oxygens (including phenoxy) is 1. The van der Waals surface area contributed by atoms with Gasteiger partial charge in [0, 0.05) is 132 Å². The molecule has 0 spiro atoms. The SMILES string of the molecule is COc1cccc2c(C[C@H](NC(C)=O)C(=O)N[C@H](C(=O)N[C@H](C(=O)N[C@H]3CSSC[C@@H](C(=O)N[C@@H](Cc4c[nH]c5ccccc45)C(=O)N4CCC[C@H]4C(N)=O)NC(=O)[C@H](CC(=O)O)NC(=O)[C@H](CCCCNC(=O)CN4CCN(CC(=O)O)CCN(CC(=O)O)CCN(CC(=O)O)CC4)NC(=O)[C@H](Cc4ccc5ccccc5c4)NC(=O)[C@H](CC(N)=O)NC(=O)[C@H](CC4CCNCC4)NC3=O)C3CCCCC3)[C@@H](C)O)c[nH]c12. The minimum absolute atomic E-state index is 0.0221. The van der Waals surface area contributed by atoms with Crippen LogP contribution < -0.4 is 85.3 Å². The summed E-state index contributed by atoms with van der Waals surface area (Å²) in [4.78, 5) is 287. The molecule has 6 aromatic rings. The number of likely N-dealkylation sites (tertiary alicyclic amines) is 1. The number of hydrogen-bond acceptors (Lipinski definition) is 28. The van der Waals surface area contributed by atoms with Crippen LogP contribution in [0.4, 0.5) is 0 Å². The van der Waals surface area contributed by atoms with Crippen LogP contribution in [0.3, 0.4) is 0 Å². The molecule has 11 rings (SSSR count). The van der Waals surface area contributed by atoms with E-state index >= 15 is 47.9 Å². The van der Waals surface area contributed by atoms with Crippen LogP contribution in [-0.2, 0) is 110 Å². The van der Waals surface area contributed by atoms with Gasteiger partial charge in [0.05, 0.1) is 57.8 Å². The molecule has 0 radical (unpaired) electrons. The molecule has 4 saturated heterocycles. The zero-order valence-corrected chi connectivity index (χ0v) is 84.6. The maximum absolute atomic E-state index is 15.9. The number of primary amides is 2. The fourth-order valence-corrected chi connectivity index (χ4v) is 21.6. The molecular formula is C99H136N22O25S2. The van der Waals surface area contributed by atoms with Crippen LogP contribution in [0, 0.1) is 11.8 Å². The van der Waals surface area contributed by atoms with Crippen LogP contribution in [-0.4, -0.2) is 374 Å². The first-order chi connectivity index (χ1) is 70.8. The zero-order chi connectivity index (χ0) is 107. The van der Waals surface area contributed by atoms with Gasteiger partial charge in [0.15, 0.2) is 0 Å². The van der Waals surface area contributed by atoms with Gasteiger partial charge in [0.25, 0.3) is 0 Å². The summed E-state index contributed by atoms with van der Waals surface area (Å²) in [5, 5.41) is 89.7. The lowest BCUT2D eigenvalue weighted by Gasteiger charge is -2.33. The smallest absolute Gasteiger partial charge is 0.317 e. The van der Waals surface area contributed by atoms with Crippen molar-refractivity contribution < 1.29 is 121 Å². The second kappa shape index (κ2) is 56.5. The van der Waals surface area contributed by atoms with E-state index < -0.39 is 254 Å². The van der Waals surface area contributed by atoms with E-state index in [9.17, 15) is 68.7 Å². The molecule has 24 N–H and O–H groups in total. The van der Waals surface area contributed by atoms with Gasteiger partial charge in [-0.05, 0) is 136 Å². The lowest BCUT2D eigenvalue weighted by Crippen LogP contribution is -2.63. The number of aliphatic hydroxyl groups is 1. The number of unbranched alkanes of at least 4 members (excludes halogenated alkanes) is 1. The number of carboxylic acid groups (broad SMARTS) is 4. The van der Waals surface area contributed by atoms with Crippen LogP contribution in [0.2, 0.25) is 0 Å². The molecule has 0 unspecified atom stereocenters. The summed E-state index contributed by atoms with van der Waals surface area (Å²) in [6.45, 7) is 2.47. The topological polar surface area (TPSA) is 691 Å². The van der Waals surface area contributed by atoms with Gasteiger partial charge in [-0.2, -0.15) is 0 Å². The number of nitrogens with zero attached hydrogens (tertiary/aromatic N) is 5. The monoisotopic (exact) mass is 2100 g/mol. The molecule has 6 heterocycles. The summed E-state index contributed by atoms with van der Waals surface area (Å²) in [6.07, 6.45) is 1.83. The predicted molar refractivity (Wildman–Crippen MR) is 544 cm³/mol. The average molecular weight is 2100 g/mol. The number of hydrogen-bond donors (Lipinski definition) is 22. The number of nitrogens with two attached hydrogens (primary N) is 2. The lowest BCUT2D eigenvalue weighted by molar-refractivity contribution is -0.142. The number of para-hydroxylation sites is 2. The number of aliphatic carboxylic acids is 4. The first kappa shape index (κ1) is 115. The van der Waals surface area contributed by atoms with Crippen LogP contribution in [0.15, 0.2) is 97.3 Å².